The fraction of sp³-hybridized carbons (Fsp3) is 0.409. The van der Waals surface area contributed by atoms with Crippen LogP contribution in [-0.4, -0.2) is 23.1 Å². The molecular weight excluding hydrogens is 417 g/mol. The highest BCUT2D eigenvalue weighted by atomic mass is 35.5. The normalized spacial score (nSPS) is 24.5. The van der Waals surface area contributed by atoms with E-state index in [0.29, 0.717) is 11.5 Å². The summed E-state index contributed by atoms with van der Waals surface area (Å²) in [5.41, 5.74) is -0.985. The molecule has 3 atom stereocenters. The summed E-state index contributed by atoms with van der Waals surface area (Å²) in [6, 6.07) is 9.41. The number of hydrogen-bond donors (Lipinski definition) is 3. The maximum atomic E-state index is 13.2. The molecule has 0 spiro atoms. The zero-order valence-electron chi connectivity index (χ0n) is 16.1. The Morgan fingerprint density at radius 3 is 2.77 bits per heavy atom. The molecule has 0 radical (unpaired) electrons. The molecule has 2 aliphatic rings. The van der Waals surface area contributed by atoms with Crippen molar-refractivity contribution in [3.8, 4) is 5.75 Å². The van der Waals surface area contributed by atoms with Gasteiger partial charge in [-0.15, -0.1) is 0 Å². The third-order valence-electron chi connectivity index (χ3n) is 6.21. The summed E-state index contributed by atoms with van der Waals surface area (Å²) in [6.45, 7) is 0.829. The minimum atomic E-state index is -4.65. The zero-order chi connectivity index (χ0) is 21.5. The van der Waals surface area contributed by atoms with Gasteiger partial charge in [0.15, 0.2) is 0 Å². The van der Waals surface area contributed by atoms with Crippen LogP contribution in [0.4, 0.5) is 13.2 Å². The van der Waals surface area contributed by atoms with Crippen molar-refractivity contribution in [1.29, 1.82) is 0 Å². The van der Waals surface area contributed by atoms with Gasteiger partial charge in [-0.2, -0.15) is 13.2 Å². The Kier molecular flexibility index (Phi) is 5.45. The van der Waals surface area contributed by atoms with Gasteiger partial charge in [0, 0.05) is 5.54 Å². The number of phenols is 1. The summed E-state index contributed by atoms with van der Waals surface area (Å²) in [6.07, 6.45) is -0.882. The molecule has 4 rings (SSSR count). The van der Waals surface area contributed by atoms with Gasteiger partial charge in [0.05, 0.1) is 22.2 Å². The summed E-state index contributed by atoms with van der Waals surface area (Å²) in [5.74, 6) is -0.122. The lowest BCUT2D eigenvalue weighted by atomic mass is 9.73. The molecule has 1 heterocycles. The van der Waals surface area contributed by atoms with Crippen LogP contribution in [0.25, 0.3) is 0 Å². The van der Waals surface area contributed by atoms with Crippen molar-refractivity contribution < 1.29 is 23.1 Å². The average molecular weight is 439 g/mol. The van der Waals surface area contributed by atoms with Gasteiger partial charge < -0.3 is 15.7 Å². The summed E-state index contributed by atoms with van der Waals surface area (Å²) in [7, 11) is 0. The van der Waals surface area contributed by atoms with Crippen LogP contribution in [0.1, 0.15) is 53.2 Å². The zero-order valence-corrected chi connectivity index (χ0v) is 16.9. The number of halogens is 4. The largest absolute Gasteiger partial charge is 0.508 e. The molecule has 3 unspecified atom stereocenters. The van der Waals surface area contributed by atoms with E-state index in [1.165, 1.54) is 18.2 Å². The first-order valence-corrected chi connectivity index (χ1v) is 10.3. The summed E-state index contributed by atoms with van der Waals surface area (Å²) in [4.78, 5) is 13.1. The van der Waals surface area contributed by atoms with Gasteiger partial charge in [0.2, 0.25) is 0 Å². The molecule has 2 fully saturated rings. The van der Waals surface area contributed by atoms with Gasteiger partial charge in [0.1, 0.15) is 5.75 Å². The lowest BCUT2D eigenvalue weighted by Gasteiger charge is -2.41. The van der Waals surface area contributed by atoms with E-state index in [2.05, 4.69) is 10.6 Å². The Morgan fingerprint density at radius 1 is 1.27 bits per heavy atom. The monoisotopic (exact) mass is 438 g/mol. The molecule has 2 aromatic carbocycles. The van der Waals surface area contributed by atoms with Crippen LogP contribution >= 0.6 is 11.6 Å². The smallest absolute Gasteiger partial charge is 0.417 e. The summed E-state index contributed by atoms with van der Waals surface area (Å²) >= 11 is 5.97. The van der Waals surface area contributed by atoms with E-state index in [1.807, 2.05) is 0 Å². The fourth-order valence-corrected chi connectivity index (χ4v) is 5.17. The van der Waals surface area contributed by atoms with Gasteiger partial charge >= 0.3 is 6.18 Å². The minimum Gasteiger partial charge on any atom is -0.508 e. The minimum absolute atomic E-state index is 0.0607. The molecule has 1 aliphatic heterocycles. The van der Waals surface area contributed by atoms with Crippen LogP contribution in [-0.2, 0) is 6.18 Å². The number of carbonyl (C=O) groups excluding carboxylic acids is 1. The van der Waals surface area contributed by atoms with Crippen molar-refractivity contribution in [1.82, 2.24) is 10.6 Å². The second-order valence-corrected chi connectivity index (χ2v) is 8.54. The Hall–Kier alpha value is -2.25. The van der Waals surface area contributed by atoms with Crippen LogP contribution in [0.15, 0.2) is 42.5 Å². The van der Waals surface area contributed by atoms with E-state index in [-0.39, 0.29) is 11.3 Å². The maximum absolute atomic E-state index is 13.2. The number of amides is 1. The van der Waals surface area contributed by atoms with Crippen molar-refractivity contribution in [3.63, 3.8) is 0 Å². The summed E-state index contributed by atoms with van der Waals surface area (Å²) in [5, 5.41) is 15.8. The number of nitrogens with one attached hydrogen (secondary N) is 2. The van der Waals surface area contributed by atoms with Crippen LogP contribution in [0.2, 0.25) is 5.02 Å². The first-order valence-electron chi connectivity index (χ1n) is 9.90. The molecule has 160 valence electrons. The van der Waals surface area contributed by atoms with Crippen molar-refractivity contribution in [2.24, 2.45) is 5.92 Å². The first kappa shape index (κ1) is 21.0. The van der Waals surface area contributed by atoms with Gasteiger partial charge in [-0.05, 0) is 61.6 Å². The van der Waals surface area contributed by atoms with E-state index in [4.69, 9.17) is 11.6 Å². The molecule has 1 saturated heterocycles. The third-order valence-corrected chi connectivity index (χ3v) is 6.62. The molecule has 30 heavy (non-hydrogen) atoms. The van der Waals surface area contributed by atoms with Crippen molar-refractivity contribution >= 4 is 17.5 Å². The highest BCUT2D eigenvalue weighted by molar-refractivity contribution is 6.34. The average Bonchev–Trinajstić information content (AvgIpc) is 2.99. The van der Waals surface area contributed by atoms with Crippen molar-refractivity contribution in [2.45, 2.75) is 43.4 Å². The lowest BCUT2D eigenvalue weighted by Crippen LogP contribution is -2.52. The predicted molar refractivity (Wildman–Crippen MR) is 107 cm³/mol. The topological polar surface area (TPSA) is 61.4 Å². The van der Waals surface area contributed by atoms with Crippen LogP contribution in [0, 0.1) is 5.92 Å². The first-order chi connectivity index (χ1) is 14.2. The van der Waals surface area contributed by atoms with Crippen molar-refractivity contribution in [3.05, 3.63) is 64.2 Å². The predicted octanol–water partition coefficient (Wildman–Crippen LogP) is 5.07. The number of hydrogen-bond acceptors (Lipinski definition) is 3. The van der Waals surface area contributed by atoms with E-state index in [0.717, 1.165) is 38.3 Å². The number of benzene rings is 2. The number of phenolic OH excluding ortho intramolecular Hbond substituents is 1. The molecule has 3 N–H and O–H groups in total. The molecule has 1 amide bonds. The maximum Gasteiger partial charge on any atom is 0.417 e. The number of carbonyl (C=O) groups is 1. The number of aromatic hydroxyl groups is 1. The van der Waals surface area contributed by atoms with Gasteiger partial charge in [-0.3, -0.25) is 4.79 Å². The second-order valence-electron chi connectivity index (χ2n) is 8.17. The Labute approximate surface area is 177 Å². The highest BCUT2D eigenvalue weighted by Gasteiger charge is 2.48. The van der Waals surface area contributed by atoms with Gasteiger partial charge in [0.25, 0.3) is 5.91 Å². The van der Waals surface area contributed by atoms with E-state index >= 15 is 0 Å². The Bertz CT molecular complexity index is 962. The molecule has 1 saturated carbocycles. The lowest BCUT2D eigenvalue weighted by molar-refractivity contribution is -0.137. The Morgan fingerprint density at radius 2 is 2.03 bits per heavy atom. The van der Waals surface area contributed by atoms with Crippen LogP contribution < -0.4 is 10.6 Å². The van der Waals surface area contributed by atoms with Crippen molar-refractivity contribution in [2.75, 3.05) is 6.54 Å². The van der Waals surface area contributed by atoms with E-state index < -0.39 is 34.3 Å². The van der Waals surface area contributed by atoms with E-state index in [9.17, 15) is 23.1 Å². The van der Waals surface area contributed by atoms with Gasteiger partial charge in [-0.1, -0.05) is 36.2 Å². The Balaban J connectivity index is 1.70. The van der Waals surface area contributed by atoms with E-state index in [1.54, 1.807) is 18.2 Å². The molecule has 8 heteroatoms. The highest BCUT2D eigenvalue weighted by Crippen LogP contribution is 2.45. The standard InChI is InChI=1S/C22H22ClF3N2O2/c23-18-16(7-2-8-17(18)22(24,25)26)20(30)28-19(14-5-1-6-15(29)10-14)21-9-3-4-13(11-21)12-27-21/h1-2,5-8,10,13,19,27,29H,3-4,9,11-12H2,(H,28,30). The summed E-state index contributed by atoms with van der Waals surface area (Å²) < 4.78 is 39.7. The fourth-order valence-electron chi connectivity index (χ4n) is 4.85. The quantitative estimate of drug-likeness (QED) is 0.624. The van der Waals surface area contributed by atoms with Crippen LogP contribution in [0.5, 0.6) is 5.75 Å². The number of alkyl halides is 3. The molecule has 1 aliphatic carbocycles. The molecular formula is C22H22ClF3N2O2. The molecule has 2 bridgehead atoms. The number of rotatable bonds is 4. The number of fused-ring (bicyclic) bond motifs is 2. The molecule has 0 aromatic heterocycles. The molecule has 2 aromatic rings. The second kappa shape index (κ2) is 7.78. The van der Waals surface area contributed by atoms with Crippen LogP contribution in [0.3, 0.4) is 0 Å². The third kappa shape index (κ3) is 3.88. The SMILES string of the molecule is O=C(NC(c1cccc(O)c1)C12CCCC(CN1)C2)c1cccc(C(F)(F)F)c1Cl. The van der Waals surface area contributed by atoms with Gasteiger partial charge in [-0.25, -0.2) is 0 Å². The molecule has 4 nitrogen and oxygen atoms in total.